The summed E-state index contributed by atoms with van der Waals surface area (Å²) >= 11 is 2.11. The highest BCUT2D eigenvalue weighted by Gasteiger charge is 2.52. The number of nitrogens with zero attached hydrogens (tertiary/aromatic N) is 1. The third-order valence-corrected chi connectivity index (χ3v) is 3.37. The van der Waals surface area contributed by atoms with E-state index < -0.39 is 5.60 Å². The van der Waals surface area contributed by atoms with Gasteiger partial charge >= 0.3 is 0 Å². The van der Waals surface area contributed by atoms with Gasteiger partial charge in [0.2, 0.25) is 5.60 Å². The molecule has 0 aromatic heterocycles. The van der Waals surface area contributed by atoms with E-state index in [1.165, 1.54) is 0 Å². The molecule has 0 unspecified atom stereocenters. The van der Waals surface area contributed by atoms with Gasteiger partial charge in [-0.3, -0.25) is 9.69 Å². The van der Waals surface area contributed by atoms with E-state index in [9.17, 15) is 4.79 Å². The van der Waals surface area contributed by atoms with Gasteiger partial charge in [0.1, 0.15) is 0 Å². The van der Waals surface area contributed by atoms with Gasteiger partial charge in [-0.1, -0.05) is 0 Å². The summed E-state index contributed by atoms with van der Waals surface area (Å²) in [6.07, 6.45) is 0. The highest BCUT2D eigenvalue weighted by Crippen LogP contribution is 2.33. The Bertz CT molecular complexity index is 295. The fraction of sp³-hybridized carbons (Fsp3) is 0.625. The van der Waals surface area contributed by atoms with Crippen molar-refractivity contribution in [1.82, 2.24) is 10.2 Å². The number of hydrogen-bond donors (Lipinski definition) is 1. The second kappa shape index (κ2) is 2.84. The summed E-state index contributed by atoms with van der Waals surface area (Å²) in [6, 6.07) is 0. The van der Waals surface area contributed by atoms with Crippen LogP contribution in [0.3, 0.4) is 0 Å². The van der Waals surface area contributed by atoms with Crippen LogP contribution in [0.2, 0.25) is 0 Å². The summed E-state index contributed by atoms with van der Waals surface area (Å²) in [7, 11) is 1.97. The molecule has 1 saturated heterocycles. The number of carbonyl (C=O) groups excluding carboxylic acids is 1. The topological polar surface area (TPSA) is 41.6 Å². The predicted molar refractivity (Wildman–Crippen MR) is 56.2 cm³/mol. The lowest BCUT2D eigenvalue weighted by Crippen LogP contribution is -2.69. The molecule has 13 heavy (non-hydrogen) atoms. The molecule has 1 fully saturated rings. The first-order chi connectivity index (χ1) is 6.03. The quantitative estimate of drug-likeness (QED) is 0.659. The predicted octanol–water partition coefficient (Wildman–Crippen LogP) is 0.441. The van der Waals surface area contributed by atoms with Crippen LogP contribution in [0, 0.1) is 0 Å². The molecule has 5 heteroatoms. The van der Waals surface area contributed by atoms with E-state index in [4.69, 9.17) is 4.74 Å². The molecular formula is C8H11IN2O2. The van der Waals surface area contributed by atoms with E-state index in [1.807, 2.05) is 14.0 Å². The van der Waals surface area contributed by atoms with Crippen LogP contribution in [0.4, 0.5) is 0 Å². The van der Waals surface area contributed by atoms with Crippen LogP contribution in [0.25, 0.3) is 0 Å². The number of amides is 1. The second-order valence-corrected chi connectivity index (χ2v) is 4.60. The minimum Gasteiger partial charge on any atom is -0.467 e. The lowest BCUT2D eigenvalue weighted by molar-refractivity contribution is -0.161. The number of rotatable bonds is 0. The molecule has 2 aliphatic rings. The summed E-state index contributed by atoms with van der Waals surface area (Å²) in [5.41, 5.74) is 0.205. The Hall–Kier alpha value is -0.300. The lowest BCUT2D eigenvalue weighted by atomic mass is 9.92. The van der Waals surface area contributed by atoms with Gasteiger partial charge in [-0.05, 0) is 14.0 Å². The number of hydrogen-bond acceptors (Lipinski definition) is 3. The van der Waals surface area contributed by atoms with E-state index in [-0.39, 0.29) is 5.91 Å². The molecule has 0 bridgehead atoms. The zero-order chi connectivity index (χ0) is 9.64. The highest BCUT2D eigenvalue weighted by atomic mass is 127. The van der Waals surface area contributed by atoms with Crippen LogP contribution >= 0.6 is 22.6 Å². The lowest BCUT2D eigenvalue weighted by Gasteiger charge is -2.48. The Kier molecular flexibility index (Phi) is 2.03. The molecule has 72 valence electrons. The zero-order valence-corrected chi connectivity index (χ0v) is 9.71. The number of carbonyl (C=O) groups is 1. The zero-order valence-electron chi connectivity index (χ0n) is 7.56. The average molecular weight is 294 g/mol. The minimum atomic E-state index is -0.606. The van der Waals surface area contributed by atoms with Gasteiger partial charge in [-0.25, -0.2) is 0 Å². The molecule has 0 saturated carbocycles. The number of ether oxygens (including phenoxy) is 1. The van der Waals surface area contributed by atoms with Crippen molar-refractivity contribution in [1.29, 1.82) is 0 Å². The summed E-state index contributed by atoms with van der Waals surface area (Å²) < 4.78 is 6.41. The largest absolute Gasteiger partial charge is 0.467 e. The van der Waals surface area contributed by atoms with Gasteiger partial charge in [-0.2, -0.15) is 0 Å². The number of likely N-dealkylation sites (tertiary alicyclic amines) is 1. The van der Waals surface area contributed by atoms with Gasteiger partial charge in [-0.15, -0.1) is 0 Å². The van der Waals surface area contributed by atoms with Gasteiger partial charge in [0.25, 0.3) is 5.91 Å². The fourth-order valence-corrected chi connectivity index (χ4v) is 2.22. The molecule has 0 aliphatic carbocycles. The van der Waals surface area contributed by atoms with Crippen molar-refractivity contribution in [3.05, 3.63) is 9.46 Å². The Morgan fingerprint density at radius 1 is 1.62 bits per heavy atom. The summed E-state index contributed by atoms with van der Waals surface area (Å²) in [5.74, 6) is -0.0106. The van der Waals surface area contributed by atoms with Crippen molar-refractivity contribution in [2.45, 2.75) is 12.5 Å². The molecule has 1 spiro atoms. The van der Waals surface area contributed by atoms with Crippen molar-refractivity contribution < 1.29 is 9.53 Å². The standard InChI is InChI=1S/C8H11IN2O2/c1-5-6(9)13-8(7(12)10-5)3-11(2)4-8/h3-4H2,1-2H3,(H,10,12). The SMILES string of the molecule is CC1=C(I)OC2(CN(C)C2)C(=O)N1. The third kappa shape index (κ3) is 1.34. The third-order valence-electron chi connectivity index (χ3n) is 2.35. The van der Waals surface area contributed by atoms with Crippen LogP contribution < -0.4 is 5.32 Å². The van der Waals surface area contributed by atoms with E-state index in [0.717, 1.165) is 9.46 Å². The molecule has 1 N–H and O–H groups in total. The molecule has 4 nitrogen and oxygen atoms in total. The number of halogens is 1. The van der Waals surface area contributed by atoms with Crippen LogP contribution in [0.1, 0.15) is 6.92 Å². The Balaban J connectivity index is 2.21. The van der Waals surface area contributed by atoms with Gasteiger partial charge < -0.3 is 10.1 Å². The molecule has 1 amide bonds. The number of allylic oxidation sites excluding steroid dienone is 1. The highest BCUT2D eigenvalue weighted by molar-refractivity contribution is 14.1. The first kappa shape index (κ1) is 9.26. The average Bonchev–Trinajstić information content (AvgIpc) is 1.98. The van der Waals surface area contributed by atoms with Gasteiger partial charge in [0.15, 0.2) is 3.77 Å². The van der Waals surface area contributed by atoms with E-state index in [0.29, 0.717) is 13.1 Å². The van der Waals surface area contributed by atoms with Crippen molar-refractivity contribution in [2.75, 3.05) is 20.1 Å². The number of likely N-dealkylation sites (N-methyl/N-ethyl adjacent to an activating group) is 1. The van der Waals surface area contributed by atoms with Crippen LogP contribution in [0.15, 0.2) is 9.46 Å². The van der Waals surface area contributed by atoms with E-state index >= 15 is 0 Å². The Labute approximate surface area is 90.4 Å². The first-order valence-electron chi connectivity index (χ1n) is 4.09. The molecule has 2 aliphatic heterocycles. The van der Waals surface area contributed by atoms with Gasteiger partial charge in [0.05, 0.1) is 5.70 Å². The van der Waals surface area contributed by atoms with Crippen LogP contribution in [-0.4, -0.2) is 36.5 Å². The minimum absolute atomic E-state index is 0.0106. The van der Waals surface area contributed by atoms with E-state index in [2.05, 4.69) is 32.8 Å². The maximum Gasteiger partial charge on any atom is 0.271 e. The van der Waals surface area contributed by atoms with Crippen molar-refractivity contribution >= 4 is 28.5 Å². The Morgan fingerprint density at radius 2 is 2.23 bits per heavy atom. The maximum absolute atomic E-state index is 11.6. The monoisotopic (exact) mass is 294 g/mol. The molecule has 0 aromatic rings. The normalized spacial score (nSPS) is 26.8. The van der Waals surface area contributed by atoms with Crippen LogP contribution in [-0.2, 0) is 9.53 Å². The maximum atomic E-state index is 11.6. The molecule has 2 heterocycles. The van der Waals surface area contributed by atoms with Gasteiger partial charge in [0, 0.05) is 35.7 Å². The fourth-order valence-electron chi connectivity index (χ4n) is 1.66. The molecule has 0 atom stereocenters. The Morgan fingerprint density at radius 3 is 2.77 bits per heavy atom. The molecule has 2 rings (SSSR count). The first-order valence-corrected chi connectivity index (χ1v) is 5.17. The van der Waals surface area contributed by atoms with Crippen LogP contribution in [0.5, 0.6) is 0 Å². The van der Waals surface area contributed by atoms with Crippen molar-refractivity contribution in [3.8, 4) is 0 Å². The molecule has 0 aromatic carbocycles. The second-order valence-electron chi connectivity index (χ2n) is 3.62. The number of nitrogens with one attached hydrogen (secondary N) is 1. The summed E-state index contributed by atoms with van der Waals surface area (Å²) in [4.78, 5) is 13.7. The molecule has 0 radical (unpaired) electrons. The van der Waals surface area contributed by atoms with E-state index in [1.54, 1.807) is 0 Å². The molecular weight excluding hydrogens is 283 g/mol. The van der Waals surface area contributed by atoms with Crippen molar-refractivity contribution in [2.24, 2.45) is 0 Å². The van der Waals surface area contributed by atoms with Crippen molar-refractivity contribution in [3.63, 3.8) is 0 Å². The summed E-state index contributed by atoms with van der Waals surface area (Å²) in [6.45, 7) is 3.20. The summed E-state index contributed by atoms with van der Waals surface area (Å²) in [5, 5.41) is 2.82. The smallest absolute Gasteiger partial charge is 0.271 e.